The third-order valence-corrected chi connectivity index (χ3v) is 3.51. The van der Waals surface area contributed by atoms with Crippen LogP contribution in [-0.4, -0.2) is 60.1 Å². The van der Waals surface area contributed by atoms with E-state index in [1.807, 2.05) is 0 Å². The van der Waals surface area contributed by atoms with E-state index in [0.29, 0.717) is 32.7 Å². The zero-order valence-corrected chi connectivity index (χ0v) is 11.2. The van der Waals surface area contributed by atoms with Crippen molar-refractivity contribution >= 4 is 5.91 Å². The van der Waals surface area contributed by atoms with Gasteiger partial charge in [-0.25, -0.2) is 8.78 Å². The highest BCUT2D eigenvalue weighted by atomic mass is 19.2. The van der Waals surface area contributed by atoms with Crippen LogP contribution in [0.5, 0.6) is 0 Å². The van der Waals surface area contributed by atoms with E-state index in [9.17, 15) is 13.6 Å². The number of hydrogen-bond donors (Lipinski definition) is 1. The van der Waals surface area contributed by atoms with E-state index in [1.54, 1.807) is 4.90 Å². The van der Waals surface area contributed by atoms with E-state index in [0.717, 1.165) is 6.07 Å². The smallest absolute Gasteiger partial charge is 0.227 e. The maximum atomic E-state index is 13.5. The fraction of sp³-hybridized carbons (Fsp3) is 0.500. The maximum Gasteiger partial charge on any atom is 0.227 e. The molecule has 1 aliphatic rings. The van der Waals surface area contributed by atoms with Gasteiger partial charge in [0.2, 0.25) is 5.91 Å². The Balaban J connectivity index is 1.91. The molecule has 1 aromatic rings. The van der Waals surface area contributed by atoms with Crippen LogP contribution >= 0.6 is 0 Å². The Kier molecular flexibility index (Phi) is 5.03. The standard InChI is InChI=1S/C14H18F2N2O2/c15-12-3-1-2-11(14(12)16)10-13(20)18-6-4-17(5-7-18)8-9-19/h1-3,19H,4-10H2. The molecule has 0 aromatic heterocycles. The summed E-state index contributed by atoms with van der Waals surface area (Å²) in [6.07, 6.45) is -0.121. The Hall–Kier alpha value is -1.53. The minimum atomic E-state index is -0.945. The van der Waals surface area contributed by atoms with Crippen LogP contribution in [0.2, 0.25) is 0 Å². The summed E-state index contributed by atoms with van der Waals surface area (Å²) in [5, 5.41) is 8.85. The molecule has 6 heteroatoms. The van der Waals surface area contributed by atoms with Gasteiger partial charge < -0.3 is 10.0 Å². The van der Waals surface area contributed by atoms with Crippen molar-refractivity contribution in [1.29, 1.82) is 0 Å². The minimum Gasteiger partial charge on any atom is -0.395 e. The second-order valence-corrected chi connectivity index (χ2v) is 4.84. The van der Waals surface area contributed by atoms with Gasteiger partial charge in [0.05, 0.1) is 13.0 Å². The number of halogens is 2. The van der Waals surface area contributed by atoms with E-state index in [2.05, 4.69) is 4.90 Å². The van der Waals surface area contributed by atoms with Gasteiger partial charge in [-0.15, -0.1) is 0 Å². The average molecular weight is 284 g/mol. The molecule has 0 bridgehead atoms. The molecule has 0 radical (unpaired) electrons. The summed E-state index contributed by atoms with van der Waals surface area (Å²) in [4.78, 5) is 15.8. The lowest BCUT2D eigenvalue weighted by molar-refractivity contribution is -0.132. The molecule has 1 aliphatic heterocycles. The summed E-state index contributed by atoms with van der Waals surface area (Å²) >= 11 is 0. The van der Waals surface area contributed by atoms with Crippen molar-refractivity contribution in [2.75, 3.05) is 39.3 Å². The molecule has 0 atom stereocenters. The number of β-amino-alcohol motifs (C(OH)–C–C–N with tert-alkyl or cyclic N) is 1. The Bertz CT molecular complexity index is 474. The molecule has 0 aliphatic carbocycles. The molecule has 2 rings (SSSR count). The van der Waals surface area contributed by atoms with Crippen molar-refractivity contribution < 1.29 is 18.7 Å². The predicted molar refractivity (Wildman–Crippen MR) is 70.2 cm³/mol. The number of piperazine rings is 1. The number of aliphatic hydroxyl groups is 1. The fourth-order valence-corrected chi connectivity index (χ4v) is 2.32. The Morgan fingerprint density at radius 2 is 1.90 bits per heavy atom. The molecule has 110 valence electrons. The summed E-state index contributed by atoms with van der Waals surface area (Å²) in [5.41, 5.74) is 0.0905. The van der Waals surface area contributed by atoms with Gasteiger partial charge in [-0.05, 0) is 6.07 Å². The lowest BCUT2D eigenvalue weighted by Crippen LogP contribution is -2.49. The molecule has 1 fully saturated rings. The molecule has 1 heterocycles. The molecule has 4 nitrogen and oxygen atoms in total. The van der Waals surface area contributed by atoms with Crippen molar-refractivity contribution in [3.63, 3.8) is 0 Å². The molecule has 1 N–H and O–H groups in total. The number of carbonyl (C=O) groups is 1. The molecule has 0 saturated carbocycles. The van der Waals surface area contributed by atoms with Gasteiger partial charge in [0.25, 0.3) is 0 Å². The summed E-state index contributed by atoms with van der Waals surface area (Å²) in [6, 6.07) is 3.87. The van der Waals surface area contributed by atoms with Gasteiger partial charge >= 0.3 is 0 Å². The Morgan fingerprint density at radius 3 is 2.55 bits per heavy atom. The first-order valence-electron chi connectivity index (χ1n) is 6.65. The van der Waals surface area contributed by atoms with E-state index in [1.165, 1.54) is 12.1 Å². The van der Waals surface area contributed by atoms with Gasteiger partial charge in [-0.3, -0.25) is 9.69 Å². The molecule has 1 aromatic carbocycles. The highest BCUT2D eigenvalue weighted by Gasteiger charge is 2.22. The second kappa shape index (κ2) is 6.76. The van der Waals surface area contributed by atoms with Gasteiger partial charge in [0.15, 0.2) is 11.6 Å². The lowest BCUT2D eigenvalue weighted by atomic mass is 10.1. The number of hydrogen-bond acceptors (Lipinski definition) is 3. The van der Waals surface area contributed by atoms with E-state index >= 15 is 0 Å². The number of carbonyl (C=O) groups excluding carboxylic acids is 1. The van der Waals surface area contributed by atoms with E-state index in [-0.39, 0.29) is 24.5 Å². The van der Waals surface area contributed by atoms with Crippen LogP contribution in [0.25, 0.3) is 0 Å². The van der Waals surface area contributed by atoms with Crippen LogP contribution in [0, 0.1) is 11.6 Å². The summed E-state index contributed by atoms with van der Waals surface area (Å²) in [6.45, 7) is 3.18. The highest BCUT2D eigenvalue weighted by molar-refractivity contribution is 5.79. The molecule has 20 heavy (non-hydrogen) atoms. The largest absolute Gasteiger partial charge is 0.395 e. The number of benzene rings is 1. The number of rotatable bonds is 4. The van der Waals surface area contributed by atoms with Gasteiger partial charge in [0, 0.05) is 38.3 Å². The van der Waals surface area contributed by atoms with E-state index < -0.39 is 11.6 Å². The van der Waals surface area contributed by atoms with Crippen LogP contribution in [0.1, 0.15) is 5.56 Å². The van der Waals surface area contributed by atoms with Crippen molar-refractivity contribution in [2.24, 2.45) is 0 Å². The van der Waals surface area contributed by atoms with Crippen LogP contribution in [0.4, 0.5) is 8.78 Å². The minimum absolute atomic E-state index is 0.0905. The number of nitrogens with zero attached hydrogens (tertiary/aromatic N) is 2. The summed E-state index contributed by atoms with van der Waals surface area (Å²) in [7, 11) is 0. The van der Waals surface area contributed by atoms with Crippen LogP contribution < -0.4 is 0 Å². The van der Waals surface area contributed by atoms with Crippen molar-refractivity contribution in [3.05, 3.63) is 35.4 Å². The van der Waals surface area contributed by atoms with Gasteiger partial charge in [-0.2, -0.15) is 0 Å². The lowest BCUT2D eigenvalue weighted by Gasteiger charge is -2.34. The first-order valence-corrected chi connectivity index (χ1v) is 6.65. The molecule has 0 spiro atoms. The van der Waals surface area contributed by atoms with Crippen molar-refractivity contribution in [2.45, 2.75) is 6.42 Å². The highest BCUT2D eigenvalue weighted by Crippen LogP contribution is 2.13. The first kappa shape index (κ1) is 14.9. The Labute approximate surface area is 116 Å². The summed E-state index contributed by atoms with van der Waals surface area (Å²) in [5.74, 6) is -2.07. The fourth-order valence-electron chi connectivity index (χ4n) is 2.32. The molecular weight excluding hydrogens is 266 g/mol. The van der Waals surface area contributed by atoms with Crippen LogP contribution in [0.15, 0.2) is 18.2 Å². The van der Waals surface area contributed by atoms with Gasteiger partial charge in [0.1, 0.15) is 0 Å². The summed E-state index contributed by atoms with van der Waals surface area (Å²) < 4.78 is 26.6. The third-order valence-electron chi connectivity index (χ3n) is 3.51. The molecule has 1 amide bonds. The second-order valence-electron chi connectivity index (χ2n) is 4.84. The van der Waals surface area contributed by atoms with E-state index in [4.69, 9.17) is 5.11 Å². The normalized spacial score (nSPS) is 16.4. The molecular formula is C14H18F2N2O2. The zero-order chi connectivity index (χ0) is 14.5. The SMILES string of the molecule is O=C(Cc1cccc(F)c1F)N1CCN(CCO)CC1. The maximum absolute atomic E-state index is 13.5. The zero-order valence-electron chi connectivity index (χ0n) is 11.2. The van der Waals surface area contributed by atoms with Gasteiger partial charge in [-0.1, -0.05) is 12.1 Å². The number of amides is 1. The molecule has 0 unspecified atom stereocenters. The van der Waals surface area contributed by atoms with Crippen molar-refractivity contribution in [3.8, 4) is 0 Å². The monoisotopic (exact) mass is 284 g/mol. The Morgan fingerprint density at radius 1 is 1.20 bits per heavy atom. The average Bonchev–Trinajstić information content (AvgIpc) is 2.45. The first-order chi connectivity index (χ1) is 9.61. The van der Waals surface area contributed by atoms with Crippen molar-refractivity contribution in [1.82, 2.24) is 9.80 Å². The number of aliphatic hydroxyl groups excluding tert-OH is 1. The predicted octanol–water partition coefficient (Wildman–Crippen LogP) is 0.644. The third kappa shape index (κ3) is 3.52. The van der Waals surface area contributed by atoms with Crippen LogP contribution in [-0.2, 0) is 11.2 Å². The molecule has 1 saturated heterocycles. The quantitative estimate of drug-likeness (QED) is 0.882. The topological polar surface area (TPSA) is 43.8 Å². The van der Waals surface area contributed by atoms with Crippen LogP contribution in [0.3, 0.4) is 0 Å².